The molecule has 0 saturated heterocycles. The minimum atomic E-state index is -1.05. The summed E-state index contributed by atoms with van der Waals surface area (Å²) in [7, 11) is 0. The van der Waals surface area contributed by atoms with Crippen LogP contribution >= 0.6 is 0 Å². The van der Waals surface area contributed by atoms with E-state index in [2.05, 4.69) is 10.6 Å². The first-order chi connectivity index (χ1) is 9.99. The van der Waals surface area contributed by atoms with Crippen molar-refractivity contribution in [2.45, 2.75) is 6.54 Å². The summed E-state index contributed by atoms with van der Waals surface area (Å²) in [5.41, 5.74) is 6.22. The van der Waals surface area contributed by atoms with Crippen LogP contribution in [-0.4, -0.2) is 42.8 Å². The van der Waals surface area contributed by atoms with Crippen molar-refractivity contribution >= 4 is 17.9 Å². The molecule has 0 aromatic heterocycles. The first kappa shape index (κ1) is 16.4. The normalized spacial score (nSPS) is 9.90. The molecule has 0 saturated carbocycles. The van der Waals surface area contributed by atoms with Crippen molar-refractivity contribution in [3.05, 3.63) is 35.4 Å². The fourth-order valence-electron chi connectivity index (χ4n) is 1.46. The Morgan fingerprint density at radius 3 is 2.38 bits per heavy atom. The van der Waals surface area contributed by atoms with E-state index in [0.29, 0.717) is 12.1 Å². The van der Waals surface area contributed by atoms with Crippen molar-refractivity contribution in [2.24, 2.45) is 5.73 Å². The van der Waals surface area contributed by atoms with E-state index in [1.54, 1.807) is 24.3 Å². The highest BCUT2D eigenvalue weighted by molar-refractivity contribution is 5.94. The van der Waals surface area contributed by atoms with Gasteiger partial charge in [0.2, 0.25) is 0 Å². The highest BCUT2D eigenvalue weighted by atomic mass is 16.5. The van der Waals surface area contributed by atoms with E-state index in [9.17, 15) is 14.4 Å². The number of carbonyl (C=O) groups is 3. The number of urea groups is 1. The Labute approximate surface area is 121 Å². The quantitative estimate of drug-likeness (QED) is 0.488. The number of hydrogen-bond acceptors (Lipinski definition) is 4. The number of aliphatic carboxylic acids is 1. The number of benzene rings is 1. The summed E-state index contributed by atoms with van der Waals surface area (Å²) in [6.45, 7) is 0.243. The molecular formula is C13H17N3O5. The molecule has 0 unspecified atom stereocenters. The van der Waals surface area contributed by atoms with Crippen molar-refractivity contribution in [3.8, 4) is 0 Å². The van der Waals surface area contributed by atoms with Crippen LogP contribution in [0.3, 0.4) is 0 Å². The molecule has 0 aliphatic rings. The summed E-state index contributed by atoms with van der Waals surface area (Å²) in [6.07, 6.45) is 0. The van der Waals surface area contributed by atoms with Gasteiger partial charge in [-0.15, -0.1) is 0 Å². The third kappa shape index (κ3) is 6.92. The van der Waals surface area contributed by atoms with Crippen LogP contribution in [-0.2, 0) is 16.1 Å². The SMILES string of the molecule is NC(=O)NCc1ccc(C(=O)NCCOCC(=O)O)cc1. The van der Waals surface area contributed by atoms with Crippen molar-refractivity contribution in [2.75, 3.05) is 19.8 Å². The molecule has 5 N–H and O–H groups in total. The fraction of sp³-hybridized carbons (Fsp3) is 0.308. The van der Waals surface area contributed by atoms with Gasteiger partial charge in [0.15, 0.2) is 0 Å². The van der Waals surface area contributed by atoms with E-state index >= 15 is 0 Å². The van der Waals surface area contributed by atoms with Crippen LogP contribution in [0.1, 0.15) is 15.9 Å². The molecule has 1 rings (SSSR count). The third-order valence-corrected chi connectivity index (χ3v) is 2.44. The van der Waals surface area contributed by atoms with E-state index in [4.69, 9.17) is 15.6 Å². The zero-order chi connectivity index (χ0) is 15.7. The zero-order valence-electron chi connectivity index (χ0n) is 11.3. The molecule has 8 nitrogen and oxygen atoms in total. The number of carboxylic acids is 1. The number of amides is 3. The highest BCUT2D eigenvalue weighted by Crippen LogP contribution is 2.04. The van der Waals surface area contributed by atoms with Crippen LogP contribution in [0.2, 0.25) is 0 Å². The summed E-state index contributed by atoms with van der Waals surface area (Å²) in [5.74, 6) is -1.34. The molecule has 3 amide bonds. The van der Waals surface area contributed by atoms with Gasteiger partial charge in [-0.1, -0.05) is 12.1 Å². The standard InChI is InChI=1S/C13H17N3O5/c14-13(20)16-7-9-1-3-10(4-2-9)12(19)15-5-6-21-8-11(17)18/h1-4H,5-8H2,(H,15,19)(H,17,18)(H3,14,16,20). The van der Waals surface area contributed by atoms with Crippen LogP contribution in [0.5, 0.6) is 0 Å². The van der Waals surface area contributed by atoms with Gasteiger partial charge in [0.1, 0.15) is 6.61 Å². The summed E-state index contributed by atoms with van der Waals surface area (Å²) in [5, 5.41) is 13.4. The minimum Gasteiger partial charge on any atom is -0.480 e. The summed E-state index contributed by atoms with van der Waals surface area (Å²) >= 11 is 0. The number of nitrogens with one attached hydrogen (secondary N) is 2. The minimum absolute atomic E-state index is 0.124. The number of primary amides is 1. The molecule has 0 heterocycles. The van der Waals surface area contributed by atoms with Gasteiger partial charge in [-0.05, 0) is 17.7 Å². The lowest BCUT2D eigenvalue weighted by Gasteiger charge is -2.06. The maximum atomic E-state index is 11.7. The molecule has 1 aromatic rings. The van der Waals surface area contributed by atoms with Crippen LogP contribution in [0.25, 0.3) is 0 Å². The van der Waals surface area contributed by atoms with E-state index in [0.717, 1.165) is 5.56 Å². The molecule has 0 aliphatic heterocycles. The number of carboxylic acid groups (broad SMARTS) is 1. The topological polar surface area (TPSA) is 131 Å². The van der Waals surface area contributed by atoms with Crippen molar-refractivity contribution in [3.63, 3.8) is 0 Å². The maximum Gasteiger partial charge on any atom is 0.329 e. The highest BCUT2D eigenvalue weighted by Gasteiger charge is 2.05. The van der Waals surface area contributed by atoms with Crippen molar-refractivity contribution in [1.29, 1.82) is 0 Å². The van der Waals surface area contributed by atoms with Gasteiger partial charge < -0.3 is 26.2 Å². The molecule has 1 aromatic carbocycles. The number of ether oxygens (including phenoxy) is 1. The number of nitrogens with two attached hydrogens (primary N) is 1. The van der Waals surface area contributed by atoms with E-state index in [-0.39, 0.29) is 19.1 Å². The molecule has 0 bridgehead atoms. The third-order valence-electron chi connectivity index (χ3n) is 2.44. The van der Waals surface area contributed by atoms with Gasteiger partial charge >= 0.3 is 12.0 Å². The molecule has 8 heteroatoms. The van der Waals surface area contributed by atoms with Gasteiger partial charge in [-0.3, -0.25) is 4.79 Å². The Balaban J connectivity index is 2.34. The van der Waals surface area contributed by atoms with Crippen molar-refractivity contribution < 1.29 is 24.2 Å². The summed E-state index contributed by atoms with van der Waals surface area (Å²) < 4.78 is 4.79. The smallest absolute Gasteiger partial charge is 0.329 e. The summed E-state index contributed by atoms with van der Waals surface area (Å²) in [4.78, 5) is 32.5. The van der Waals surface area contributed by atoms with Gasteiger partial charge in [-0.2, -0.15) is 0 Å². The maximum absolute atomic E-state index is 11.7. The van der Waals surface area contributed by atoms with E-state index < -0.39 is 18.6 Å². The lowest BCUT2D eigenvalue weighted by atomic mass is 10.1. The molecule has 0 fully saturated rings. The molecule has 114 valence electrons. The van der Waals surface area contributed by atoms with Crippen LogP contribution < -0.4 is 16.4 Å². The second kappa shape index (κ2) is 8.54. The predicted molar refractivity (Wildman–Crippen MR) is 73.7 cm³/mol. The molecule has 0 aliphatic carbocycles. The Morgan fingerprint density at radius 1 is 1.14 bits per heavy atom. The second-order valence-corrected chi connectivity index (χ2v) is 4.12. The monoisotopic (exact) mass is 295 g/mol. The van der Waals surface area contributed by atoms with Crippen LogP contribution in [0, 0.1) is 0 Å². The van der Waals surface area contributed by atoms with Crippen LogP contribution in [0.4, 0.5) is 4.79 Å². The first-order valence-electron chi connectivity index (χ1n) is 6.19. The number of rotatable bonds is 8. The van der Waals surface area contributed by atoms with Crippen molar-refractivity contribution in [1.82, 2.24) is 10.6 Å². The molecule has 0 atom stereocenters. The van der Waals surface area contributed by atoms with E-state index in [1.165, 1.54) is 0 Å². The Hall–Kier alpha value is -2.61. The largest absolute Gasteiger partial charge is 0.480 e. The van der Waals surface area contributed by atoms with E-state index in [1.807, 2.05) is 0 Å². The van der Waals surface area contributed by atoms with Gasteiger partial charge in [0.05, 0.1) is 6.61 Å². The lowest BCUT2D eigenvalue weighted by molar-refractivity contribution is -0.142. The number of carbonyl (C=O) groups excluding carboxylic acids is 2. The van der Waals surface area contributed by atoms with Gasteiger partial charge in [-0.25, -0.2) is 9.59 Å². The Kier molecular flexibility index (Phi) is 6.69. The second-order valence-electron chi connectivity index (χ2n) is 4.12. The Morgan fingerprint density at radius 2 is 1.81 bits per heavy atom. The average Bonchev–Trinajstić information content (AvgIpc) is 2.44. The zero-order valence-corrected chi connectivity index (χ0v) is 11.3. The molecule has 21 heavy (non-hydrogen) atoms. The predicted octanol–water partition coefficient (Wildman–Crippen LogP) is -0.314. The average molecular weight is 295 g/mol. The summed E-state index contributed by atoms with van der Waals surface area (Å²) in [6, 6.07) is 6.02. The molecule has 0 radical (unpaired) electrons. The first-order valence-corrected chi connectivity index (χ1v) is 6.19. The van der Waals surface area contributed by atoms with Crippen LogP contribution in [0.15, 0.2) is 24.3 Å². The van der Waals surface area contributed by atoms with Gasteiger partial charge in [0, 0.05) is 18.7 Å². The molecule has 0 spiro atoms. The molecular weight excluding hydrogens is 278 g/mol. The lowest BCUT2D eigenvalue weighted by Crippen LogP contribution is -2.29. The fourth-order valence-corrected chi connectivity index (χ4v) is 1.46. The van der Waals surface area contributed by atoms with Gasteiger partial charge in [0.25, 0.3) is 5.91 Å². The Bertz CT molecular complexity index is 501. The number of hydrogen-bond donors (Lipinski definition) is 4.